The quantitative estimate of drug-likeness (QED) is 0.455. The molecule has 24 heavy (non-hydrogen) atoms. The van der Waals surface area contributed by atoms with Crippen LogP contribution in [0.5, 0.6) is 5.75 Å². The van der Waals surface area contributed by atoms with E-state index in [9.17, 15) is 15.3 Å². The predicted octanol–water partition coefficient (Wildman–Crippen LogP) is 3.32. The van der Waals surface area contributed by atoms with Gasteiger partial charge in [-0.1, -0.05) is 57.6 Å². The second kappa shape index (κ2) is 12.3. The molecule has 0 saturated carbocycles. The standard InChI is InChI=1S/C20H34O4/c1-2-3-4-5-6-7-8-9-18-10-12-19(13-11-18)24-17-20(14-21,15-22)16-23/h10-13,21-23H,2-9,14-17H2,1H3. The van der Waals surface area contributed by atoms with Gasteiger partial charge in [0.25, 0.3) is 0 Å². The van der Waals surface area contributed by atoms with Crippen molar-refractivity contribution in [1.82, 2.24) is 0 Å². The number of ether oxygens (including phenoxy) is 1. The van der Waals surface area contributed by atoms with E-state index >= 15 is 0 Å². The lowest BCUT2D eigenvalue weighted by atomic mass is 9.92. The van der Waals surface area contributed by atoms with Crippen molar-refractivity contribution in [2.24, 2.45) is 5.41 Å². The van der Waals surface area contributed by atoms with E-state index in [4.69, 9.17) is 4.74 Å². The topological polar surface area (TPSA) is 69.9 Å². The maximum Gasteiger partial charge on any atom is 0.119 e. The SMILES string of the molecule is CCCCCCCCCc1ccc(OCC(CO)(CO)CO)cc1. The first kappa shape index (κ1) is 20.9. The molecule has 3 N–H and O–H groups in total. The average Bonchev–Trinajstić information content (AvgIpc) is 2.64. The van der Waals surface area contributed by atoms with Crippen molar-refractivity contribution in [3.8, 4) is 5.75 Å². The van der Waals surface area contributed by atoms with E-state index in [1.165, 1.54) is 50.5 Å². The normalized spacial score (nSPS) is 11.7. The Morgan fingerprint density at radius 2 is 1.33 bits per heavy atom. The highest BCUT2D eigenvalue weighted by molar-refractivity contribution is 5.27. The number of rotatable bonds is 14. The summed E-state index contributed by atoms with van der Waals surface area (Å²) in [6.07, 6.45) is 10.3. The number of hydrogen-bond donors (Lipinski definition) is 3. The zero-order chi connectivity index (χ0) is 17.7. The summed E-state index contributed by atoms with van der Waals surface area (Å²) in [4.78, 5) is 0. The first-order valence-corrected chi connectivity index (χ1v) is 9.24. The van der Waals surface area contributed by atoms with Crippen LogP contribution in [0.4, 0.5) is 0 Å². The summed E-state index contributed by atoms with van der Waals surface area (Å²) in [7, 11) is 0. The smallest absolute Gasteiger partial charge is 0.119 e. The summed E-state index contributed by atoms with van der Waals surface area (Å²) in [5.41, 5.74) is 0.310. The minimum Gasteiger partial charge on any atom is -0.493 e. The molecule has 0 aliphatic heterocycles. The van der Waals surface area contributed by atoms with E-state index in [0.717, 1.165) is 6.42 Å². The van der Waals surface area contributed by atoms with Crippen LogP contribution in [-0.2, 0) is 6.42 Å². The largest absolute Gasteiger partial charge is 0.493 e. The van der Waals surface area contributed by atoms with Crippen molar-refractivity contribution in [2.75, 3.05) is 26.4 Å². The molecule has 1 aromatic rings. The van der Waals surface area contributed by atoms with E-state index in [1.54, 1.807) is 0 Å². The molecule has 4 nitrogen and oxygen atoms in total. The molecule has 0 unspecified atom stereocenters. The van der Waals surface area contributed by atoms with Gasteiger partial charge in [0.1, 0.15) is 12.4 Å². The molecule has 0 fully saturated rings. The summed E-state index contributed by atoms with van der Waals surface area (Å²) >= 11 is 0. The lowest BCUT2D eigenvalue weighted by molar-refractivity contribution is -0.0258. The summed E-state index contributed by atoms with van der Waals surface area (Å²) in [5.74, 6) is 0.693. The Morgan fingerprint density at radius 3 is 1.88 bits per heavy atom. The Hall–Kier alpha value is -1.10. The third kappa shape index (κ3) is 7.65. The molecule has 4 heteroatoms. The van der Waals surface area contributed by atoms with Crippen LogP contribution in [0, 0.1) is 5.41 Å². The number of benzene rings is 1. The Kier molecular flexibility index (Phi) is 10.7. The van der Waals surface area contributed by atoms with Gasteiger partial charge in [-0.15, -0.1) is 0 Å². The summed E-state index contributed by atoms with van der Waals surface area (Å²) in [6, 6.07) is 7.94. The fraction of sp³-hybridized carbons (Fsp3) is 0.700. The molecule has 0 aliphatic carbocycles. The molecule has 0 bridgehead atoms. The number of aliphatic hydroxyl groups is 3. The highest BCUT2D eigenvalue weighted by atomic mass is 16.5. The van der Waals surface area contributed by atoms with Crippen LogP contribution in [0.2, 0.25) is 0 Å². The van der Waals surface area contributed by atoms with Crippen LogP contribution in [-0.4, -0.2) is 41.7 Å². The molecular formula is C20H34O4. The zero-order valence-electron chi connectivity index (χ0n) is 15.0. The van der Waals surface area contributed by atoms with Gasteiger partial charge in [0.15, 0.2) is 0 Å². The lowest BCUT2D eigenvalue weighted by Gasteiger charge is -2.27. The molecular weight excluding hydrogens is 304 g/mol. The van der Waals surface area contributed by atoms with E-state index in [0.29, 0.717) is 5.75 Å². The Labute approximate surface area is 146 Å². The van der Waals surface area contributed by atoms with Crippen molar-refractivity contribution < 1.29 is 20.1 Å². The first-order chi connectivity index (χ1) is 11.7. The van der Waals surface area contributed by atoms with Gasteiger partial charge in [0, 0.05) is 0 Å². The fourth-order valence-corrected chi connectivity index (χ4v) is 2.56. The highest BCUT2D eigenvalue weighted by Gasteiger charge is 2.29. The van der Waals surface area contributed by atoms with Gasteiger partial charge in [-0.3, -0.25) is 0 Å². The van der Waals surface area contributed by atoms with E-state index in [-0.39, 0.29) is 26.4 Å². The van der Waals surface area contributed by atoms with Gasteiger partial charge < -0.3 is 20.1 Å². The van der Waals surface area contributed by atoms with Crippen molar-refractivity contribution in [3.63, 3.8) is 0 Å². The molecule has 0 heterocycles. The van der Waals surface area contributed by atoms with E-state index in [2.05, 4.69) is 19.1 Å². The maximum absolute atomic E-state index is 9.29. The Balaban J connectivity index is 2.28. The molecule has 1 aromatic carbocycles. The first-order valence-electron chi connectivity index (χ1n) is 9.24. The minimum absolute atomic E-state index is 0.0909. The number of hydrogen-bond acceptors (Lipinski definition) is 4. The van der Waals surface area contributed by atoms with Crippen molar-refractivity contribution in [3.05, 3.63) is 29.8 Å². The highest BCUT2D eigenvalue weighted by Crippen LogP contribution is 2.20. The van der Waals surface area contributed by atoms with Crippen LogP contribution in [0.15, 0.2) is 24.3 Å². The van der Waals surface area contributed by atoms with Gasteiger partial charge in [-0.25, -0.2) is 0 Å². The second-order valence-corrected chi connectivity index (χ2v) is 6.78. The molecule has 0 radical (unpaired) electrons. The minimum atomic E-state index is -0.990. The fourth-order valence-electron chi connectivity index (χ4n) is 2.56. The van der Waals surface area contributed by atoms with E-state index < -0.39 is 5.41 Å². The lowest BCUT2D eigenvalue weighted by Crippen LogP contribution is -2.39. The molecule has 0 amide bonds. The summed E-state index contributed by atoms with van der Waals surface area (Å²) in [5, 5.41) is 27.9. The van der Waals surface area contributed by atoms with Gasteiger partial charge in [0.2, 0.25) is 0 Å². The van der Waals surface area contributed by atoms with Gasteiger partial charge >= 0.3 is 0 Å². The third-order valence-electron chi connectivity index (χ3n) is 4.54. The number of aryl methyl sites for hydroxylation is 1. The molecule has 0 aliphatic rings. The summed E-state index contributed by atoms with van der Waals surface area (Å²) < 4.78 is 5.60. The maximum atomic E-state index is 9.29. The Morgan fingerprint density at radius 1 is 0.792 bits per heavy atom. The van der Waals surface area contributed by atoms with Crippen molar-refractivity contribution >= 4 is 0 Å². The van der Waals surface area contributed by atoms with Crippen molar-refractivity contribution in [1.29, 1.82) is 0 Å². The Bertz CT molecular complexity index is 404. The van der Waals surface area contributed by atoms with Crippen LogP contribution in [0.25, 0.3) is 0 Å². The predicted molar refractivity (Wildman–Crippen MR) is 97.3 cm³/mol. The van der Waals surface area contributed by atoms with Crippen LogP contribution in [0.3, 0.4) is 0 Å². The van der Waals surface area contributed by atoms with Crippen molar-refractivity contribution in [2.45, 2.75) is 58.3 Å². The third-order valence-corrected chi connectivity index (χ3v) is 4.54. The molecule has 1 rings (SSSR count). The van der Waals surface area contributed by atoms with Crippen LogP contribution in [0.1, 0.15) is 57.4 Å². The average molecular weight is 338 g/mol. The van der Waals surface area contributed by atoms with E-state index in [1.807, 2.05) is 12.1 Å². The monoisotopic (exact) mass is 338 g/mol. The number of unbranched alkanes of at least 4 members (excludes halogenated alkanes) is 6. The van der Waals surface area contributed by atoms with Gasteiger partial charge in [-0.05, 0) is 30.5 Å². The molecule has 0 aromatic heterocycles. The van der Waals surface area contributed by atoms with Gasteiger partial charge in [0.05, 0.1) is 25.2 Å². The molecule has 0 saturated heterocycles. The van der Waals surface area contributed by atoms with Gasteiger partial charge in [-0.2, -0.15) is 0 Å². The van der Waals surface area contributed by atoms with Crippen LogP contribution >= 0.6 is 0 Å². The second-order valence-electron chi connectivity index (χ2n) is 6.78. The number of aliphatic hydroxyl groups excluding tert-OH is 3. The van der Waals surface area contributed by atoms with Crippen LogP contribution < -0.4 is 4.74 Å². The zero-order valence-corrected chi connectivity index (χ0v) is 15.0. The molecule has 0 atom stereocenters. The molecule has 0 spiro atoms. The summed E-state index contributed by atoms with van der Waals surface area (Å²) in [6.45, 7) is 1.40. The molecule has 138 valence electrons.